The number of epoxide rings is 3. The molecule has 13 aliphatic rings. The lowest BCUT2D eigenvalue weighted by molar-refractivity contribution is -0.184. The van der Waals surface area contributed by atoms with Gasteiger partial charge in [-0.05, 0) is 99.9 Å². The number of ether oxygens (including phenoxy) is 7. The molecule has 4 spiro atoms. The van der Waals surface area contributed by atoms with E-state index in [9.17, 15) is 28.8 Å². The van der Waals surface area contributed by atoms with Gasteiger partial charge in [0, 0.05) is 53.8 Å². The van der Waals surface area contributed by atoms with Crippen LogP contribution in [0.2, 0.25) is 0 Å². The second-order valence-electron chi connectivity index (χ2n) is 22.6. The molecular weight excluding hydrogens is 785 g/mol. The number of carbonyl (C=O) groups is 6. The van der Waals surface area contributed by atoms with E-state index in [1.165, 1.54) is 14.2 Å². The van der Waals surface area contributed by atoms with Crippen LogP contribution in [0.1, 0.15) is 124 Å². The normalized spacial score (nSPS) is 56.8. The molecule has 13 heteroatoms. The Morgan fingerprint density at radius 1 is 0.721 bits per heavy atom. The van der Waals surface area contributed by atoms with Crippen LogP contribution in [0.3, 0.4) is 0 Å². The average Bonchev–Trinajstić information content (AvgIpc) is 4.18. The van der Waals surface area contributed by atoms with E-state index in [2.05, 4.69) is 27.7 Å². The van der Waals surface area contributed by atoms with Crippen molar-refractivity contribution in [3.63, 3.8) is 0 Å². The van der Waals surface area contributed by atoms with Gasteiger partial charge >= 0.3 is 23.9 Å². The Morgan fingerprint density at radius 3 is 2.08 bits per heavy atom. The summed E-state index contributed by atoms with van der Waals surface area (Å²) in [4.78, 5) is 75.2. The third-order valence-corrected chi connectivity index (χ3v) is 21.3. The third-order valence-electron chi connectivity index (χ3n) is 21.3. The monoisotopic (exact) mass is 844 g/mol. The first kappa shape index (κ1) is 39.4. The highest BCUT2D eigenvalue weighted by Crippen LogP contribution is 2.82. The highest BCUT2D eigenvalue weighted by atomic mass is 16.6. The van der Waals surface area contributed by atoms with Gasteiger partial charge in [-0.3, -0.25) is 28.8 Å². The van der Waals surface area contributed by atoms with Gasteiger partial charge in [0.15, 0.2) is 11.6 Å². The third kappa shape index (κ3) is 4.41. The number of carbonyl (C=O) groups excluding carboxylic acids is 6. The van der Waals surface area contributed by atoms with E-state index in [1.54, 1.807) is 6.08 Å². The Hall–Kier alpha value is -3.16. The molecule has 5 heterocycles. The maximum Gasteiger partial charge on any atom is 0.309 e. The van der Waals surface area contributed by atoms with Crippen LogP contribution in [0.5, 0.6) is 0 Å². The van der Waals surface area contributed by atoms with E-state index in [1.807, 2.05) is 0 Å². The topological polar surface area (TPSA) is 177 Å². The lowest BCUT2D eigenvalue weighted by Crippen LogP contribution is -2.68. The van der Waals surface area contributed by atoms with E-state index in [4.69, 9.17) is 33.2 Å². The summed E-state index contributed by atoms with van der Waals surface area (Å²) in [5.74, 6) is -0.149. The van der Waals surface area contributed by atoms with Gasteiger partial charge in [0.25, 0.3) is 0 Å². The number of methoxy groups -OCH3 is 2. The quantitative estimate of drug-likeness (QED) is 0.199. The molecule has 0 aromatic rings. The van der Waals surface area contributed by atoms with Gasteiger partial charge in [-0.2, -0.15) is 0 Å². The van der Waals surface area contributed by atoms with Crippen LogP contribution in [0.15, 0.2) is 11.6 Å². The molecule has 7 saturated carbocycles. The largest absolute Gasteiger partial charge is 0.469 e. The summed E-state index contributed by atoms with van der Waals surface area (Å²) >= 11 is 0. The van der Waals surface area contributed by atoms with Gasteiger partial charge in [-0.25, -0.2) is 0 Å². The SMILES string of the molecule is COC(=O)[C@@H]1CC23O[C@H]2C(=O)CC[C@]3(C)[C@@]23O[C@H]2C[C@@]2(C)C(CCC24CCC(=O)O4)C13.COC(=O)[C@@H]1CC2=CC(=O)CC[C@]2(C)C2C1C1CCC3(CCC(=O)O3)[C@@]1(C)C1O[C@@H]12. The van der Waals surface area contributed by atoms with Crippen molar-refractivity contribution < 1.29 is 61.9 Å². The van der Waals surface area contributed by atoms with Crippen LogP contribution in [0.25, 0.3) is 0 Å². The molecule has 12 fully saturated rings. The fourth-order valence-electron chi connectivity index (χ4n) is 18.2. The van der Waals surface area contributed by atoms with Crippen LogP contribution < -0.4 is 0 Å². The van der Waals surface area contributed by atoms with Crippen molar-refractivity contribution >= 4 is 35.4 Å². The van der Waals surface area contributed by atoms with Gasteiger partial charge in [0.05, 0.1) is 44.4 Å². The van der Waals surface area contributed by atoms with Gasteiger partial charge in [0.2, 0.25) is 0 Å². The summed E-state index contributed by atoms with van der Waals surface area (Å²) in [5, 5.41) is 0. The lowest BCUT2D eigenvalue weighted by Gasteiger charge is -2.59. The minimum Gasteiger partial charge on any atom is -0.469 e. The number of esters is 4. The van der Waals surface area contributed by atoms with Crippen LogP contribution in [0.4, 0.5) is 0 Å². The summed E-state index contributed by atoms with van der Waals surface area (Å²) in [5.41, 5.74) is -1.74. The average molecular weight is 845 g/mol. The van der Waals surface area contributed by atoms with E-state index in [-0.39, 0.29) is 117 Å². The van der Waals surface area contributed by atoms with Crippen LogP contribution >= 0.6 is 0 Å². The Bertz CT molecular complexity index is 2130. The Kier molecular flexibility index (Phi) is 7.72. The van der Waals surface area contributed by atoms with Crippen molar-refractivity contribution in [3.8, 4) is 0 Å². The molecule has 19 atom stereocenters. The minimum absolute atomic E-state index is 0.000380. The fraction of sp³-hybridized carbons (Fsp3) is 0.833. The summed E-state index contributed by atoms with van der Waals surface area (Å²) in [7, 11) is 2.90. The van der Waals surface area contributed by atoms with E-state index >= 15 is 0 Å². The van der Waals surface area contributed by atoms with Crippen molar-refractivity contribution in [1.29, 1.82) is 0 Å². The predicted molar refractivity (Wildman–Crippen MR) is 210 cm³/mol. The molecule has 0 amide bonds. The molecule has 13 nitrogen and oxygen atoms in total. The molecule has 5 aliphatic heterocycles. The summed E-state index contributed by atoms with van der Waals surface area (Å²) < 4.78 is 42.0. The first-order valence-corrected chi connectivity index (χ1v) is 23.3. The summed E-state index contributed by atoms with van der Waals surface area (Å²) in [6.07, 6.45) is 12.1. The number of fused-ring (bicyclic) bond motifs is 12. The Balaban J connectivity index is 0.000000131. The predicted octanol–water partition coefficient (Wildman–Crippen LogP) is 5.32. The minimum atomic E-state index is -0.601. The molecule has 0 radical (unpaired) electrons. The van der Waals surface area contributed by atoms with Crippen molar-refractivity contribution in [1.82, 2.24) is 0 Å². The molecule has 61 heavy (non-hydrogen) atoms. The standard InChI is InChI=1S/C24H30O7.C24H30O6/c1-20-11-15-24(29-15)17(13(20)4-8-22(20)9-6-16(26)30-22)12(19(27)28-3)10-23-18(31-23)14(25)5-7-21(23,24)2;1-22-7-4-13(25)10-12(22)11-14(21(27)28-3)17-15-5-8-24(9-6-16(26)30-24)23(15,2)20-19(29-20)18(17)22/h12-13,15,17-18H,4-11H2,1-3H3;10,14-15,17-20H,4-9,11H2,1-3H3/t12-,13?,15+,17?,18+,20+,21+,22?,23?,24-;14-,15?,17?,18?,19-,20?,22+,23-,24?/m11/s1. The second-order valence-corrected chi connectivity index (χ2v) is 22.6. The second kappa shape index (κ2) is 11.9. The Labute approximate surface area is 356 Å². The van der Waals surface area contributed by atoms with Crippen molar-refractivity contribution in [2.24, 2.45) is 63.1 Å². The van der Waals surface area contributed by atoms with Gasteiger partial charge in [-0.1, -0.05) is 33.3 Å². The molecule has 9 unspecified atom stereocenters. The first-order chi connectivity index (χ1) is 28.9. The zero-order valence-electron chi connectivity index (χ0n) is 36.3. The molecule has 0 aromatic carbocycles. The molecule has 0 aromatic heterocycles. The van der Waals surface area contributed by atoms with Crippen molar-refractivity contribution in [3.05, 3.63) is 11.6 Å². The molecule has 8 aliphatic carbocycles. The van der Waals surface area contributed by atoms with Crippen molar-refractivity contribution in [2.45, 2.75) is 171 Å². The van der Waals surface area contributed by atoms with Crippen LogP contribution in [-0.2, 0) is 61.9 Å². The smallest absolute Gasteiger partial charge is 0.309 e. The van der Waals surface area contributed by atoms with E-state index in [0.29, 0.717) is 38.5 Å². The van der Waals surface area contributed by atoms with Crippen molar-refractivity contribution in [2.75, 3.05) is 14.2 Å². The molecular formula is C48H60O13. The zero-order valence-corrected chi connectivity index (χ0v) is 36.3. The fourth-order valence-corrected chi connectivity index (χ4v) is 18.2. The van der Waals surface area contributed by atoms with Gasteiger partial charge in [-0.15, -0.1) is 0 Å². The molecule has 0 bridgehead atoms. The van der Waals surface area contributed by atoms with Gasteiger partial charge in [0.1, 0.15) is 28.5 Å². The number of allylic oxidation sites excluding steroid dienone is 1. The number of Topliss-reactive ketones (excluding diaryl/α,β-unsaturated/α-hetero) is 1. The zero-order chi connectivity index (χ0) is 42.7. The first-order valence-electron chi connectivity index (χ1n) is 23.3. The summed E-state index contributed by atoms with van der Waals surface area (Å²) in [6, 6.07) is 0. The van der Waals surface area contributed by atoms with Gasteiger partial charge < -0.3 is 33.2 Å². The van der Waals surface area contributed by atoms with E-state index in [0.717, 1.165) is 63.4 Å². The highest BCUT2D eigenvalue weighted by Gasteiger charge is 2.91. The number of hydrogen-bond acceptors (Lipinski definition) is 13. The maximum atomic E-state index is 13.2. The van der Waals surface area contributed by atoms with Crippen LogP contribution in [0, 0.1) is 63.1 Å². The van der Waals surface area contributed by atoms with E-state index < -0.39 is 28.5 Å². The number of ketones is 2. The number of hydrogen-bond donors (Lipinski definition) is 0. The lowest BCUT2D eigenvalue weighted by atomic mass is 9.41. The molecule has 330 valence electrons. The molecule has 5 saturated heterocycles. The Morgan fingerprint density at radius 2 is 1.39 bits per heavy atom. The molecule has 0 N–H and O–H groups in total. The highest BCUT2D eigenvalue weighted by molar-refractivity contribution is 5.92. The van der Waals surface area contributed by atoms with Crippen LogP contribution in [-0.4, -0.2) is 96.5 Å². The maximum absolute atomic E-state index is 13.2. The summed E-state index contributed by atoms with van der Waals surface area (Å²) in [6.45, 7) is 9.02. The number of rotatable bonds is 2. The molecule has 13 rings (SSSR count).